The number of carbonyl (C=O) groups is 1. The summed E-state index contributed by atoms with van der Waals surface area (Å²) < 4.78 is 0. The maximum absolute atomic E-state index is 12.1. The molecule has 0 saturated heterocycles. The third-order valence-electron chi connectivity index (χ3n) is 4.68. The number of amides is 1. The van der Waals surface area contributed by atoms with E-state index in [0.717, 1.165) is 5.69 Å². The van der Waals surface area contributed by atoms with E-state index in [1.54, 1.807) is 30.5 Å². The second kappa shape index (κ2) is 8.44. The number of alkyl halides is 1. The SMILES string of the molecule is CC(C)(C)c1ccc(N(c2ccccc2C(N)=O)C(Cl)c2ncccc2Cl)cc1. The van der Waals surface area contributed by atoms with Gasteiger partial charge in [0.15, 0.2) is 5.50 Å². The predicted molar refractivity (Wildman–Crippen MR) is 120 cm³/mol. The van der Waals surface area contributed by atoms with Crippen LogP contribution in [0.4, 0.5) is 11.4 Å². The molecule has 2 aromatic carbocycles. The highest BCUT2D eigenvalue weighted by Gasteiger charge is 2.27. The largest absolute Gasteiger partial charge is 0.366 e. The van der Waals surface area contributed by atoms with Crippen LogP contribution >= 0.6 is 23.2 Å². The molecule has 1 aromatic heterocycles. The maximum atomic E-state index is 12.1. The molecule has 0 aliphatic carbocycles. The number of nitrogens with zero attached hydrogens (tertiary/aromatic N) is 2. The van der Waals surface area contributed by atoms with Gasteiger partial charge in [0, 0.05) is 11.9 Å². The number of nitrogens with two attached hydrogens (primary N) is 1. The number of halogens is 2. The molecule has 3 aromatic rings. The molecule has 0 radical (unpaired) electrons. The van der Waals surface area contributed by atoms with Crippen LogP contribution in [0.15, 0.2) is 66.9 Å². The van der Waals surface area contributed by atoms with Crippen LogP contribution < -0.4 is 10.6 Å². The third-order valence-corrected chi connectivity index (χ3v) is 5.40. The van der Waals surface area contributed by atoms with E-state index in [0.29, 0.717) is 22.0 Å². The Labute approximate surface area is 181 Å². The zero-order valence-electron chi connectivity index (χ0n) is 16.6. The highest BCUT2D eigenvalue weighted by atomic mass is 35.5. The van der Waals surface area contributed by atoms with Crippen molar-refractivity contribution in [2.45, 2.75) is 31.7 Å². The highest BCUT2D eigenvalue weighted by Crippen LogP contribution is 2.41. The molecule has 6 heteroatoms. The molecule has 29 heavy (non-hydrogen) atoms. The number of para-hydroxylation sites is 1. The van der Waals surface area contributed by atoms with Gasteiger partial charge in [0.1, 0.15) is 0 Å². The molecule has 4 nitrogen and oxygen atoms in total. The fourth-order valence-electron chi connectivity index (χ4n) is 3.10. The highest BCUT2D eigenvalue weighted by molar-refractivity contribution is 6.32. The fraction of sp³-hybridized carbons (Fsp3) is 0.217. The Morgan fingerprint density at radius 3 is 2.28 bits per heavy atom. The number of hydrogen-bond acceptors (Lipinski definition) is 3. The Morgan fingerprint density at radius 2 is 1.69 bits per heavy atom. The van der Waals surface area contributed by atoms with Crippen molar-refractivity contribution in [3.63, 3.8) is 0 Å². The Hall–Kier alpha value is -2.56. The van der Waals surface area contributed by atoms with Crippen molar-refractivity contribution in [1.29, 1.82) is 0 Å². The lowest BCUT2D eigenvalue weighted by Crippen LogP contribution is -2.25. The number of anilines is 2. The van der Waals surface area contributed by atoms with Gasteiger partial charge in [-0.05, 0) is 47.4 Å². The average molecular weight is 428 g/mol. The third kappa shape index (κ3) is 4.55. The molecule has 0 aliphatic rings. The molecule has 1 atom stereocenters. The molecule has 0 bridgehead atoms. The molecule has 1 unspecified atom stereocenters. The number of aromatic nitrogens is 1. The molecule has 0 saturated carbocycles. The number of rotatable bonds is 5. The van der Waals surface area contributed by atoms with E-state index in [4.69, 9.17) is 28.9 Å². The molecule has 0 spiro atoms. The lowest BCUT2D eigenvalue weighted by Gasteiger charge is -2.31. The first-order valence-electron chi connectivity index (χ1n) is 9.23. The summed E-state index contributed by atoms with van der Waals surface area (Å²) in [7, 11) is 0. The molecule has 1 amide bonds. The van der Waals surface area contributed by atoms with Crippen LogP contribution in [0.2, 0.25) is 5.02 Å². The Bertz CT molecular complexity index is 1010. The van der Waals surface area contributed by atoms with Crippen LogP contribution in [-0.4, -0.2) is 10.9 Å². The van der Waals surface area contributed by atoms with Gasteiger partial charge in [0.2, 0.25) is 0 Å². The van der Waals surface area contributed by atoms with Crippen LogP contribution in [0.25, 0.3) is 0 Å². The summed E-state index contributed by atoms with van der Waals surface area (Å²) in [6, 6.07) is 18.6. The standard InChI is InChI=1S/C23H23Cl2N3O/c1-23(2,3)15-10-12-16(13-11-15)28(19-9-5-4-7-17(19)22(26)29)21(25)20-18(24)8-6-14-27-20/h4-14,21H,1-3H3,(H2,26,29). The molecule has 150 valence electrons. The van der Waals surface area contributed by atoms with Crippen molar-refractivity contribution < 1.29 is 4.79 Å². The number of primary amides is 1. The van der Waals surface area contributed by atoms with Gasteiger partial charge in [-0.25, -0.2) is 0 Å². The fourth-order valence-corrected chi connectivity index (χ4v) is 3.77. The number of pyridine rings is 1. The first-order chi connectivity index (χ1) is 13.7. The van der Waals surface area contributed by atoms with Gasteiger partial charge in [0.25, 0.3) is 5.91 Å². The van der Waals surface area contributed by atoms with Crippen LogP contribution in [0.1, 0.15) is 47.9 Å². The molecule has 0 aliphatic heterocycles. The zero-order chi connectivity index (χ0) is 21.2. The van der Waals surface area contributed by atoms with Crippen LogP contribution in [0.3, 0.4) is 0 Å². The monoisotopic (exact) mass is 427 g/mol. The lowest BCUT2D eigenvalue weighted by molar-refractivity contribution is 0.100. The zero-order valence-corrected chi connectivity index (χ0v) is 18.1. The summed E-state index contributed by atoms with van der Waals surface area (Å²) in [5.41, 5.74) is 8.33. The van der Waals surface area contributed by atoms with E-state index in [1.165, 1.54) is 5.56 Å². The minimum Gasteiger partial charge on any atom is -0.366 e. The first kappa shape index (κ1) is 21.2. The number of carbonyl (C=O) groups excluding carboxylic acids is 1. The quantitative estimate of drug-likeness (QED) is 0.388. The predicted octanol–water partition coefficient (Wildman–Crippen LogP) is 6.21. The molecular formula is C23H23Cl2N3O. The van der Waals surface area contributed by atoms with Crippen molar-refractivity contribution in [2.24, 2.45) is 5.73 Å². The average Bonchev–Trinajstić information content (AvgIpc) is 2.68. The van der Waals surface area contributed by atoms with E-state index in [9.17, 15) is 4.79 Å². The minimum absolute atomic E-state index is 0.0130. The van der Waals surface area contributed by atoms with Gasteiger partial charge in [-0.2, -0.15) is 0 Å². The van der Waals surface area contributed by atoms with Gasteiger partial charge in [0.05, 0.1) is 22.0 Å². The van der Waals surface area contributed by atoms with Crippen LogP contribution in [0, 0.1) is 0 Å². The van der Waals surface area contributed by atoms with Crippen LogP contribution in [0.5, 0.6) is 0 Å². The molecule has 0 fully saturated rings. The topological polar surface area (TPSA) is 59.2 Å². The number of hydrogen-bond donors (Lipinski definition) is 1. The van der Waals surface area contributed by atoms with E-state index in [-0.39, 0.29) is 5.41 Å². The smallest absolute Gasteiger partial charge is 0.250 e. The van der Waals surface area contributed by atoms with E-state index >= 15 is 0 Å². The van der Waals surface area contributed by atoms with Crippen molar-refractivity contribution in [3.8, 4) is 0 Å². The molecular weight excluding hydrogens is 405 g/mol. The van der Waals surface area contributed by atoms with Crippen molar-refractivity contribution in [2.75, 3.05) is 4.90 Å². The summed E-state index contributed by atoms with van der Waals surface area (Å²) in [6.07, 6.45) is 1.64. The second-order valence-corrected chi connectivity index (χ2v) is 8.58. The van der Waals surface area contributed by atoms with Gasteiger partial charge >= 0.3 is 0 Å². The normalized spacial score (nSPS) is 12.4. The molecule has 3 rings (SSSR count). The van der Waals surface area contributed by atoms with Gasteiger partial charge < -0.3 is 10.6 Å². The Kier molecular flexibility index (Phi) is 6.15. The molecule has 1 heterocycles. The summed E-state index contributed by atoms with van der Waals surface area (Å²) >= 11 is 13.2. The van der Waals surface area contributed by atoms with Gasteiger partial charge in [-0.15, -0.1) is 0 Å². The van der Waals surface area contributed by atoms with E-state index < -0.39 is 11.4 Å². The van der Waals surface area contributed by atoms with E-state index in [2.05, 4.69) is 37.9 Å². The summed E-state index contributed by atoms with van der Waals surface area (Å²) in [6.45, 7) is 6.46. The van der Waals surface area contributed by atoms with Crippen molar-refractivity contribution in [3.05, 3.63) is 88.7 Å². The van der Waals surface area contributed by atoms with E-state index in [1.807, 2.05) is 29.2 Å². The first-order valence-corrected chi connectivity index (χ1v) is 10.0. The molecule has 2 N–H and O–H groups in total. The van der Waals surface area contributed by atoms with Gasteiger partial charge in [-0.3, -0.25) is 9.78 Å². The maximum Gasteiger partial charge on any atom is 0.250 e. The lowest BCUT2D eigenvalue weighted by atomic mass is 9.87. The van der Waals surface area contributed by atoms with Crippen molar-refractivity contribution in [1.82, 2.24) is 4.98 Å². The Morgan fingerprint density at radius 1 is 1.03 bits per heavy atom. The minimum atomic E-state index is -0.746. The van der Waals surface area contributed by atoms with Gasteiger partial charge in [-0.1, -0.05) is 68.2 Å². The number of benzene rings is 2. The van der Waals surface area contributed by atoms with Crippen molar-refractivity contribution >= 4 is 40.5 Å². The second-order valence-electron chi connectivity index (χ2n) is 7.75. The summed E-state index contributed by atoms with van der Waals surface area (Å²) in [4.78, 5) is 18.3. The summed E-state index contributed by atoms with van der Waals surface area (Å²) in [5.74, 6) is -0.534. The summed E-state index contributed by atoms with van der Waals surface area (Å²) in [5, 5.41) is 0.445. The van der Waals surface area contributed by atoms with Crippen LogP contribution in [-0.2, 0) is 5.41 Å². The Balaban J connectivity index is 2.17.